The number of carbonyl (C=O) groups is 3. The standard InChI is InChI=1S/C13H17NO5/c1-4-11(15)19-8-7-18-6-5-14-12(16)9(2)10(3)13(14)17/h4H,1,5-8H2,2-3H3. The fraction of sp³-hybridized carbons (Fsp3) is 0.462. The molecule has 0 aromatic heterocycles. The Morgan fingerprint density at radius 3 is 2.26 bits per heavy atom. The van der Waals surface area contributed by atoms with Crippen molar-refractivity contribution in [2.24, 2.45) is 0 Å². The first-order valence-electron chi connectivity index (χ1n) is 5.89. The first-order valence-corrected chi connectivity index (χ1v) is 5.89. The lowest BCUT2D eigenvalue weighted by molar-refractivity contribution is -0.139. The van der Waals surface area contributed by atoms with E-state index < -0.39 is 5.97 Å². The van der Waals surface area contributed by atoms with E-state index in [0.717, 1.165) is 11.0 Å². The first kappa shape index (κ1) is 15.1. The second-order valence-corrected chi connectivity index (χ2v) is 4.00. The summed E-state index contributed by atoms with van der Waals surface area (Å²) in [6.07, 6.45) is 1.07. The van der Waals surface area contributed by atoms with Crippen molar-refractivity contribution in [3.8, 4) is 0 Å². The number of esters is 1. The number of nitrogens with zero attached hydrogens (tertiary/aromatic N) is 1. The first-order chi connectivity index (χ1) is 8.99. The van der Waals surface area contributed by atoms with Gasteiger partial charge in [0.15, 0.2) is 0 Å². The molecule has 1 aliphatic rings. The van der Waals surface area contributed by atoms with Crippen molar-refractivity contribution in [1.82, 2.24) is 4.90 Å². The lowest BCUT2D eigenvalue weighted by Crippen LogP contribution is -2.34. The molecule has 0 spiro atoms. The number of rotatable bonds is 7. The average Bonchev–Trinajstić information content (AvgIpc) is 2.59. The summed E-state index contributed by atoms with van der Waals surface area (Å²) in [6.45, 7) is 7.25. The second-order valence-electron chi connectivity index (χ2n) is 4.00. The summed E-state index contributed by atoms with van der Waals surface area (Å²) in [5.41, 5.74) is 0.954. The Balaban J connectivity index is 2.21. The molecular formula is C13H17NO5. The quantitative estimate of drug-likeness (QED) is 0.289. The smallest absolute Gasteiger partial charge is 0.330 e. The second kappa shape index (κ2) is 6.84. The van der Waals surface area contributed by atoms with E-state index in [1.165, 1.54) is 0 Å². The fourth-order valence-electron chi connectivity index (χ4n) is 1.54. The zero-order chi connectivity index (χ0) is 14.4. The molecule has 0 saturated heterocycles. The summed E-state index contributed by atoms with van der Waals surface area (Å²) < 4.78 is 9.88. The van der Waals surface area contributed by atoms with Crippen molar-refractivity contribution in [2.75, 3.05) is 26.4 Å². The molecule has 104 valence electrons. The minimum atomic E-state index is -0.510. The predicted molar refractivity (Wildman–Crippen MR) is 67.1 cm³/mol. The summed E-state index contributed by atoms with van der Waals surface area (Å²) >= 11 is 0. The van der Waals surface area contributed by atoms with E-state index in [9.17, 15) is 14.4 Å². The molecule has 0 aromatic rings. The maximum absolute atomic E-state index is 11.7. The van der Waals surface area contributed by atoms with Crippen LogP contribution >= 0.6 is 0 Å². The van der Waals surface area contributed by atoms with Gasteiger partial charge in [-0.05, 0) is 13.8 Å². The molecule has 0 aliphatic carbocycles. The number of carbonyl (C=O) groups excluding carboxylic acids is 3. The molecule has 0 saturated carbocycles. The molecule has 0 aromatic carbocycles. The molecule has 6 heteroatoms. The highest BCUT2D eigenvalue weighted by Crippen LogP contribution is 2.18. The third-order valence-electron chi connectivity index (χ3n) is 2.79. The topological polar surface area (TPSA) is 72.9 Å². The van der Waals surface area contributed by atoms with Crippen LogP contribution in [0.15, 0.2) is 23.8 Å². The van der Waals surface area contributed by atoms with Crippen LogP contribution in [0.2, 0.25) is 0 Å². The van der Waals surface area contributed by atoms with E-state index in [-0.39, 0.29) is 38.2 Å². The van der Waals surface area contributed by atoms with Gasteiger partial charge in [0.05, 0.1) is 19.8 Å². The van der Waals surface area contributed by atoms with Crippen molar-refractivity contribution in [3.63, 3.8) is 0 Å². The van der Waals surface area contributed by atoms with Crippen LogP contribution in [0.25, 0.3) is 0 Å². The van der Waals surface area contributed by atoms with Gasteiger partial charge in [-0.3, -0.25) is 14.5 Å². The number of imide groups is 1. The van der Waals surface area contributed by atoms with E-state index in [4.69, 9.17) is 9.47 Å². The lowest BCUT2D eigenvalue weighted by atomic mass is 10.2. The zero-order valence-electron chi connectivity index (χ0n) is 11.1. The fourth-order valence-corrected chi connectivity index (χ4v) is 1.54. The van der Waals surface area contributed by atoms with Crippen LogP contribution < -0.4 is 0 Å². The molecular weight excluding hydrogens is 250 g/mol. The molecule has 1 heterocycles. The maximum Gasteiger partial charge on any atom is 0.330 e. The monoisotopic (exact) mass is 267 g/mol. The lowest BCUT2D eigenvalue weighted by Gasteiger charge is -2.14. The van der Waals surface area contributed by atoms with Crippen molar-refractivity contribution in [2.45, 2.75) is 13.8 Å². The van der Waals surface area contributed by atoms with Crippen molar-refractivity contribution < 1.29 is 23.9 Å². The normalized spacial score (nSPS) is 15.2. The molecule has 1 aliphatic heterocycles. The Morgan fingerprint density at radius 1 is 1.16 bits per heavy atom. The van der Waals surface area contributed by atoms with Crippen LogP contribution in [0, 0.1) is 0 Å². The van der Waals surface area contributed by atoms with Gasteiger partial charge < -0.3 is 9.47 Å². The highest BCUT2D eigenvalue weighted by molar-refractivity contribution is 6.18. The summed E-state index contributed by atoms with van der Waals surface area (Å²) in [5.74, 6) is -1.06. The van der Waals surface area contributed by atoms with E-state index in [1.807, 2.05) is 0 Å². The van der Waals surface area contributed by atoms with Crippen LogP contribution in [0.1, 0.15) is 13.8 Å². The van der Waals surface area contributed by atoms with Gasteiger partial charge >= 0.3 is 5.97 Å². The molecule has 0 N–H and O–H groups in total. The van der Waals surface area contributed by atoms with Crippen molar-refractivity contribution >= 4 is 17.8 Å². The van der Waals surface area contributed by atoms with Gasteiger partial charge in [-0.15, -0.1) is 0 Å². The average molecular weight is 267 g/mol. The third kappa shape index (κ3) is 3.75. The van der Waals surface area contributed by atoms with E-state index >= 15 is 0 Å². The largest absolute Gasteiger partial charge is 0.460 e. The van der Waals surface area contributed by atoms with Crippen LogP contribution in [0.4, 0.5) is 0 Å². The van der Waals surface area contributed by atoms with Gasteiger partial charge in [-0.1, -0.05) is 6.58 Å². The zero-order valence-corrected chi connectivity index (χ0v) is 11.1. The van der Waals surface area contributed by atoms with E-state index in [0.29, 0.717) is 11.1 Å². The van der Waals surface area contributed by atoms with Gasteiger partial charge in [0.25, 0.3) is 11.8 Å². The predicted octanol–water partition coefficient (Wildman–Crippen LogP) is 0.437. The van der Waals surface area contributed by atoms with Crippen LogP contribution in [0.3, 0.4) is 0 Å². The molecule has 1 rings (SSSR count). The molecule has 0 atom stereocenters. The Hall–Kier alpha value is -1.95. The van der Waals surface area contributed by atoms with Crippen LogP contribution in [0.5, 0.6) is 0 Å². The highest BCUT2D eigenvalue weighted by Gasteiger charge is 2.32. The van der Waals surface area contributed by atoms with Gasteiger partial charge in [-0.25, -0.2) is 4.79 Å². The van der Waals surface area contributed by atoms with Crippen LogP contribution in [-0.4, -0.2) is 49.0 Å². The van der Waals surface area contributed by atoms with E-state index in [1.54, 1.807) is 13.8 Å². The molecule has 6 nitrogen and oxygen atoms in total. The van der Waals surface area contributed by atoms with Crippen LogP contribution in [-0.2, 0) is 23.9 Å². The summed E-state index contributed by atoms with van der Waals surface area (Å²) in [6, 6.07) is 0. The number of amides is 2. The Labute approximate surface area is 111 Å². The van der Waals surface area contributed by atoms with Gasteiger partial charge in [0.1, 0.15) is 6.61 Å². The molecule has 2 amide bonds. The summed E-state index contributed by atoms with van der Waals surface area (Å²) in [4.78, 5) is 35.2. The van der Waals surface area contributed by atoms with Gasteiger partial charge in [-0.2, -0.15) is 0 Å². The minimum Gasteiger partial charge on any atom is -0.460 e. The molecule has 19 heavy (non-hydrogen) atoms. The summed E-state index contributed by atoms with van der Waals surface area (Å²) in [7, 11) is 0. The molecule has 0 bridgehead atoms. The Morgan fingerprint density at radius 2 is 1.74 bits per heavy atom. The molecule has 0 fully saturated rings. The van der Waals surface area contributed by atoms with Gasteiger partial charge in [0.2, 0.25) is 0 Å². The minimum absolute atomic E-state index is 0.114. The molecule has 0 unspecified atom stereocenters. The number of hydrogen-bond acceptors (Lipinski definition) is 5. The molecule has 0 radical (unpaired) electrons. The Kier molecular flexibility index (Phi) is 5.44. The van der Waals surface area contributed by atoms with Crippen molar-refractivity contribution in [3.05, 3.63) is 23.8 Å². The van der Waals surface area contributed by atoms with E-state index in [2.05, 4.69) is 6.58 Å². The van der Waals surface area contributed by atoms with Gasteiger partial charge in [0, 0.05) is 17.2 Å². The highest BCUT2D eigenvalue weighted by atomic mass is 16.6. The summed E-state index contributed by atoms with van der Waals surface area (Å²) in [5, 5.41) is 0. The maximum atomic E-state index is 11.7. The van der Waals surface area contributed by atoms with Crippen molar-refractivity contribution in [1.29, 1.82) is 0 Å². The third-order valence-corrected chi connectivity index (χ3v) is 2.79. The Bertz CT molecular complexity index is 414. The number of ether oxygens (including phenoxy) is 2. The SMILES string of the molecule is C=CC(=O)OCCOCCN1C(=O)C(C)=C(C)C1=O. The number of hydrogen-bond donors (Lipinski definition) is 0.